The lowest BCUT2D eigenvalue weighted by atomic mass is 10.3. The summed E-state index contributed by atoms with van der Waals surface area (Å²) in [5, 5.41) is 10.2. The van der Waals surface area contributed by atoms with E-state index in [1.165, 1.54) is 6.92 Å². The van der Waals surface area contributed by atoms with E-state index in [-0.39, 0.29) is 10.6 Å². The molecule has 0 bridgehead atoms. The van der Waals surface area contributed by atoms with Crippen LogP contribution in [0.3, 0.4) is 0 Å². The third kappa shape index (κ3) is 3.29. The largest absolute Gasteiger partial charge is 0.481 e. The van der Waals surface area contributed by atoms with E-state index in [2.05, 4.69) is 4.72 Å². The Morgan fingerprint density at radius 2 is 2.25 bits per heavy atom. The highest BCUT2D eigenvalue weighted by Gasteiger charge is 2.21. The minimum atomic E-state index is -3.59. The Balaban J connectivity index is 2.81. The monoisotopic (exact) mass is 263 g/mol. The minimum absolute atomic E-state index is 0.232. The van der Waals surface area contributed by atoms with Crippen LogP contribution in [0.1, 0.15) is 18.9 Å². The molecule has 0 aliphatic carbocycles. The average Bonchev–Trinajstić information content (AvgIpc) is 2.48. The van der Waals surface area contributed by atoms with Crippen molar-refractivity contribution in [3.05, 3.63) is 17.0 Å². The summed E-state index contributed by atoms with van der Waals surface area (Å²) < 4.78 is 26.2. The van der Waals surface area contributed by atoms with Crippen molar-refractivity contribution in [2.75, 3.05) is 0 Å². The van der Waals surface area contributed by atoms with Crippen molar-refractivity contribution >= 4 is 27.3 Å². The van der Waals surface area contributed by atoms with Gasteiger partial charge in [-0.1, -0.05) is 0 Å². The van der Waals surface area contributed by atoms with Crippen LogP contribution in [0.2, 0.25) is 0 Å². The van der Waals surface area contributed by atoms with Crippen molar-refractivity contribution in [1.29, 1.82) is 0 Å². The zero-order chi connectivity index (χ0) is 12.3. The second-order valence-electron chi connectivity index (χ2n) is 3.51. The molecule has 0 fully saturated rings. The Hall–Kier alpha value is -0.920. The molecular weight excluding hydrogens is 250 g/mol. The third-order valence-corrected chi connectivity index (χ3v) is 5.17. The van der Waals surface area contributed by atoms with E-state index in [4.69, 9.17) is 5.11 Å². The molecule has 0 aliphatic heterocycles. The third-order valence-electron chi connectivity index (χ3n) is 1.90. The van der Waals surface area contributed by atoms with E-state index in [1.54, 1.807) is 18.4 Å². The second-order valence-corrected chi connectivity index (χ2v) is 6.34. The molecule has 0 saturated heterocycles. The molecule has 1 heterocycles. The number of thiophene rings is 1. The van der Waals surface area contributed by atoms with Gasteiger partial charge in [0.05, 0.1) is 6.42 Å². The molecule has 0 radical (unpaired) electrons. The molecule has 1 aromatic rings. The van der Waals surface area contributed by atoms with Crippen molar-refractivity contribution in [3.63, 3.8) is 0 Å². The first-order valence-electron chi connectivity index (χ1n) is 4.61. The molecule has 1 aromatic heterocycles. The fourth-order valence-electron chi connectivity index (χ4n) is 1.26. The summed E-state index contributed by atoms with van der Waals surface area (Å²) in [7, 11) is -3.59. The lowest BCUT2D eigenvalue weighted by molar-refractivity contribution is -0.137. The first-order valence-corrected chi connectivity index (χ1v) is 6.97. The average molecular weight is 263 g/mol. The number of aliphatic carboxylic acids is 1. The highest BCUT2D eigenvalue weighted by atomic mass is 32.2. The molecule has 7 heteroatoms. The predicted octanol–water partition coefficient (Wildman–Crippen LogP) is 1.20. The molecule has 5 nitrogen and oxygen atoms in total. The van der Waals surface area contributed by atoms with Gasteiger partial charge in [0, 0.05) is 6.04 Å². The Bertz CT molecular complexity index is 477. The first kappa shape index (κ1) is 13.1. The topological polar surface area (TPSA) is 83.5 Å². The molecule has 16 heavy (non-hydrogen) atoms. The predicted molar refractivity (Wildman–Crippen MR) is 61.1 cm³/mol. The summed E-state index contributed by atoms with van der Waals surface area (Å²) >= 11 is 1.12. The van der Waals surface area contributed by atoms with Crippen molar-refractivity contribution < 1.29 is 18.3 Å². The number of carboxylic acid groups (broad SMARTS) is 1. The summed E-state index contributed by atoms with van der Waals surface area (Å²) in [6, 6.07) is 1.09. The molecule has 0 amide bonds. The zero-order valence-electron chi connectivity index (χ0n) is 8.93. The van der Waals surface area contributed by atoms with Gasteiger partial charge in [-0.25, -0.2) is 13.1 Å². The van der Waals surface area contributed by atoms with Gasteiger partial charge in [0.2, 0.25) is 0 Å². The maximum Gasteiger partial charge on any atom is 0.304 e. The summed E-state index contributed by atoms with van der Waals surface area (Å²) in [6.45, 7) is 3.22. The normalized spacial score (nSPS) is 13.6. The first-order chi connectivity index (χ1) is 7.33. The van der Waals surface area contributed by atoms with Crippen LogP contribution in [-0.4, -0.2) is 25.5 Å². The number of rotatable bonds is 5. The van der Waals surface area contributed by atoms with E-state index in [0.717, 1.165) is 11.3 Å². The summed E-state index contributed by atoms with van der Waals surface area (Å²) in [4.78, 5) is 10.4. The molecule has 0 saturated carbocycles. The Labute approximate surface area is 98.2 Å². The zero-order valence-corrected chi connectivity index (χ0v) is 10.6. The van der Waals surface area contributed by atoms with Gasteiger partial charge in [-0.15, -0.1) is 11.3 Å². The van der Waals surface area contributed by atoms with Crippen LogP contribution >= 0.6 is 11.3 Å². The van der Waals surface area contributed by atoms with Gasteiger partial charge in [0.1, 0.15) is 4.21 Å². The van der Waals surface area contributed by atoms with E-state index in [0.29, 0.717) is 5.56 Å². The number of carboxylic acids is 1. The minimum Gasteiger partial charge on any atom is -0.481 e. The molecule has 1 atom stereocenters. The lowest BCUT2D eigenvalue weighted by Crippen LogP contribution is -2.34. The van der Waals surface area contributed by atoms with E-state index in [1.807, 2.05) is 0 Å². The van der Waals surface area contributed by atoms with Gasteiger partial charge in [0.25, 0.3) is 10.0 Å². The second kappa shape index (κ2) is 4.94. The Morgan fingerprint density at radius 1 is 1.62 bits per heavy atom. The van der Waals surface area contributed by atoms with E-state index >= 15 is 0 Å². The van der Waals surface area contributed by atoms with Gasteiger partial charge < -0.3 is 5.11 Å². The SMILES string of the molecule is Cc1ccsc1S(=O)(=O)NC(C)CC(=O)O. The van der Waals surface area contributed by atoms with Crippen LogP contribution in [0.25, 0.3) is 0 Å². The number of hydrogen-bond donors (Lipinski definition) is 2. The molecular formula is C9H13NO4S2. The van der Waals surface area contributed by atoms with Gasteiger partial charge in [-0.05, 0) is 30.9 Å². The Morgan fingerprint density at radius 3 is 2.69 bits per heavy atom. The van der Waals surface area contributed by atoms with E-state index in [9.17, 15) is 13.2 Å². The van der Waals surface area contributed by atoms with Crippen molar-refractivity contribution in [3.8, 4) is 0 Å². The van der Waals surface area contributed by atoms with Crippen molar-refractivity contribution in [2.45, 2.75) is 30.5 Å². The molecule has 0 spiro atoms. The maximum absolute atomic E-state index is 11.8. The fourth-order valence-corrected chi connectivity index (χ4v) is 3.94. The Kier molecular flexibility index (Phi) is 4.06. The van der Waals surface area contributed by atoms with Crippen molar-refractivity contribution in [2.24, 2.45) is 0 Å². The number of hydrogen-bond acceptors (Lipinski definition) is 4. The molecule has 0 aliphatic rings. The number of sulfonamides is 1. The van der Waals surface area contributed by atoms with Crippen LogP contribution in [0.15, 0.2) is 15.7 Å². The van der Waals surface area contributed by atoms with Crippen LogP contribution in [0.5, 0.6) is 0 Å². The van der Waals surface area contributed by atoms with Crippen LogP contribution in [-0.2, 0) is 14.8 Å². The quantitative estimate of drug-likeness (QED) is 0.836. The molecule has 1 unspecified atom stereocenters. The molecule has 2 N–H and O–H groups in total. The summed E-state index contributed by atoms with van der Waals surface area (Å²) in [5.74, 6) is -1.03. The van der Waals surface area contributed by atoms with Crippen LogP contribution in [0.4, 0.5) is 0 Å². The standard InChI is InChI=1S/C9H13NO4S2/c1-6-3-4-15-9(6)16(13,14)10-7(2)5-8(11)12/h3-4,7,10H,5H2,1-2H3,(H,11,12). The van der Waals surface area contributed by atoms with Gasteiger partial charge in [-0.3, -0.25) is 4.79 Å². The van der Waals surface area contributed by atoms with Gasteiger partial charge >= 0.3 is 5.97 Å². The molecule has 1 rings (SSSR count). The van der Waals surface area contributed by atoms with Crippen LogP contribution < -0.4 is 4.72 Å². The molecule has 90 valence electrons. The van der Waals surface area contributed by atoms with E-state index < -0.39 is 22.0 Å². The molecule has 0 aromatic carbocycles. The number of carbonyl (C=O) groups is 1. The highest BCUT2D eigenvalue weighted by molar-refractivity contribution is 7.91. The summed E-state index contributed by atoms with van der Waals surface area (Å²) in [5.41, 5.74) is 0.667. The summed E-state index contributed by atoms with van der Waals surface area (Å²) in [6.07, 6.45) is -0.232. The number of aryl methyl sites for hydroxylation is 1. The fraction of sp³-hybridized carbons (Fsp3) is 0.444. The lowest BCUT2D eigenvalue weighted by Gasteiger charge is -2.11. The van der Waals surface area contributed by atoms with Crippen LogP contribution in [0, 0.1) is 6.92 Å². The highest BCUT2D eigenvalue weighted by Crippen LogP contribution is 2.21. The van der Waals surface area contributed by atoms with Crippen molar-refractivity contribution in [1.82, 2.24) is 4.72 Å². The van der Waals surface area contributed by atoms with Gasteiger partial charge in [0.15, 0.2) is 0 Å². The number of nitrogens with one attached hydrogen (secondary N) is 1. The smallest absolute Gasteiger partial charge is 0.304 e. The maximum atomic E-state index is 11.8. The van der Waals surface area contributed by atoms with Gasteiger partial charge in [-0.2, -0.15) is 0 Å².